The fraction of sp³-hybridized carbons (Fsp3) is 0.176. The molecule has 3 rings (SSSR count). The van der Waals surface area contributed by atoms with Crippen LogP contribution in [0, 0.1) is 13.8 Å². The average Bonchev–Trinajstić information content (AvgIpc) is 2.41. The minimum atomic E-state index is 0.908. The third-order valence-electron chi connectivity index (χ3n) is 3.76. The van der Waals surface area contributed by atoms with Gasteiger partial charge in [-0.2, -0.15) is 0 Å². The Morgan fingerprint density at radius 3 is 2.28 bits per heavy atom. The summed E-state index contributed by atoms with van der Waals surface area (Å²) in [6.07, 6.45) is 0. The highest BCUT2D eigenvalue weighted by atomic mass is 16.5. The Hall–Kier alpha value is -2.02. The minimum absolute atomic E-state index is 0.908. The van der Waals surface area contributed by atoms with Gasteiger partial charge in [0.2, 0.25) is 0 Å². The van der Waals surface area contributed by atoms with E-state index in [1.54, 1.807) is 7.11 Å². The SMILES string of the molecule is COc1ccc2c(ccc3c(C)c(C)ccc32)c1. The molecule has 0 aliphatic heterocycles. The molecule has 0 aliphatic carbocycles. The van der Waals surface area contributed by atoms with Crippen molar-refractivity contribution in [3.05, 3.63) is 53.6 Å². The second-order valence-corrected chi connectivity index (χ2v) is 4.76. The van der Waals surface area contributed by atoms with Gasteiger partial charge in [-0.15, -0.1) is 0 Å². The van der Waals surface area contributed by atoms with Crippen molar-refractivity contribution in [1.29, 1.82) is 0 Å². The molecule has 0 radical (unpaired) electrons. The normalized spacial score (nSPS) is 11.1. The molecule has 0 aliphatic rings. The van der Waals surface area contributed by atoms with Crippen molar-refractivity contribution in [1.82, 2.24) is 0 Å². The predicted octanol–water partition coefficient (Wildman–Crippen LogP) is 4.62. The van der Waals surface area contributed by atoms with Gasteiger partial charge in [-0.25, -0.2) is 0 Å². The van der Waals surface area contributed by atoms with Crippen LogP contribution < -0.4 is 4.74 Å². The smallest absolute Gasteiger partial charge is 0.119 e. The zero-order valence-corrected chi connectivity index (χ0v) is 10.9. The van der Waals surface area contributed by atoms with Gasteiger partial charge >= 0.3 is 0 Å². The van der Waals surface area contributed by atoms with E-state index in [4.69, 9.17) is 4.74 Å². The quantitative estimate of drug-likeness (QED) is 0.560. The summed E-state index contributed by atoms with van der Waals surface area (Å²) in [4.78, 5) is 0. The Morgan fingerprint density at radius 2 is 1.50 bits per heavy atom. The minimum Gasteiger partial charge on any atom is -0.497 e. The lowest BCUT2D eigenvalue weighted by Crippen LogP contribution is -1.86. The van der Waals surface area contributed by atoms with Crippen LogP contribution in [0.1, 0.15) is 11.1 Å². The Balaban J connectivity index is 2.43. The van der Waals surface area contributed by atoms with Crippen LogP contribution in [0.2, 0.25) is 0 Å². The summed E-state index contributed by atoms with van der Waals surface area (Å²) >= 11 is 0. The van der Waals surface area contributed by atoms with Gasteiger partial charge in [-0.05, 0) is 58.7 Å². The van der Waals surface area contributed by atoms with E-state index in [0.717, 1.165) is 5.75 Å². The van der Waals surface area contributed by atoms with E-state index >= 15 is 0 Å². The molecule has 18 heavy (non-hydrogen) atoms. The molecule has 0 saturated heterocycles. The fourth-order valence-electron chi connectivity index (χ4n) is 2.51. The van der Waals surface area contributed by atoms with Gasteiger partial charge < -0.3 is 4.74 Å². The molecular weight excluding hydrogens is 220 g/mol. The highest BCUT2D eigenvalue weighted by molar-refractivity contribution is 6.09. The number of hydrogen-bond acceptors (Lipinski definition) is 1. The second-order valence-electron chi connectivity index (χ2n) is 4.76. The maximum absolute atomic E-state index is 5.28. The van der Waals surface area contributed by atoms with E-state index in [2.05, 4.69) is 50.2 Å². The Labute approximate surface area is 107 Å². The zero-order valence-electron chi connectivity index (χ0n) is 10.9. The molecule has 0 N–H and O–H groups in total. The van der Waals surface area contributed by atoms with Crippen LogP contribution in [-0.2, 0) is 0 Å². The fourth-order valence-corrected chi connectivity index (χ4v) is 2.51. The van der Waals surface area contributed by atoms with Gasteiger partial charge in [0, 0.05) is 0 Å². The van der Waals surface area contributed by atoms with Crippen molar-refractivity contribution in [2.24, 2.45) is 0 Å². The van der Waals surface area contributed by atoms with Crippen LogP contribution in [0.3, 0.4) is 0 Å². The van der Waals surface area contributed by atoms with Crippen LogP contribution >= 0.6 is 0 Å². The van der Waals surface area contributed by atoms with E-state index in [1.807, 2.05) is 6.07 Å². The number of aryl methyl sites for hydroxylation is 2. The van der Waals surface area contributed by atoms with Crippen LogP contribution in [-0.4, -0.2) is 7.11 Å². The van der Waals surface area contributed by atoms with Crippen molar-refractivity contribution in [3.8, 4) is 5.75 Å². The molecule has 0 amide bonds. The first kappa shape index (κ1) is 11.1. The third kappa shape index (κ3) is 1.55. The largest absolute Gasteiger partial charge is 0.497 e. The van der Waals surface area contributed by atoms with Crippen molar-refractivity contribution in [3.63, 3.8) is 0 Å². The lowest BCUT2D eigenvalue weighted by molar-refractivity contribution is 0.415. The Morgan fingerprint density at radius 1 is 0.778 bits per heavy atom. The number of benzene rings is 3. The molecule has 1 nitrogen and oxygen atoms in total. The van der Waals surface area contributed by atoms with Crippen molar-refractivity contribution >= 4 is 21.5 Å². The van der Waals surface area contributed by atoms with Crippen molar-refractivity contribution in [2.45, 2.75) is 13.8 Å². The molecule has 0 heterocycles. The van der Waals surface area contributed by atoms with Gasteiger partial charge in [0.15, 0.2) is 0 Å². The van der Waals surface area contributed by atoms with Crippen LogP contribution in [0.4, 0.5) is 0 Å². The molecule has 3 aromatic carbocycles. The molecule has 90 valence electrons. The molecule has 0 bridgehead atoms. The predicted molar refractivity (Wildman–Crippen MR) is 77.5 cm³/mol. The maximum Gasteiger partial charge on any atom is 0.119 e. The zero-order chi connectivity index (χ0) is 12.7. The van der Waals surface area contributed by atoms with E-state index in [9.17, 15) is 0 Å². The number of hydrogen-bond donors (Lipinski definition) is 0. The van der Waals surface area contributed by atoms with Crippen molar-refractivity contribution < 1.29 is 4.74 Å². The molecule has 0 spiro atoms. The lowest BCUT2D eigenvalue weighted by atomic mass is 9.96. The van der Waals surface area contributed by atoms with E-state index in [1.165, 1.54) is 32.7 Å². The third-order valence-corrected chi connectivity index (χ3v) is 3.76. The first-order chi connectivity index (χ1) is 8.70. The van der Waals surface area contributed by atoms with E-state index < -0.39 is 0 Å². The molecule has 0 saturated carbocycles. The number of methoxy groups -OCH3 is 1. The molecule has 0 fully saturated rings. The number of rotatable bonds is 1. The van der Waals surface area contributed by atoms with Gasteiger partial charge in [0.1, 0.15) is 5.75 Å². The van der Waals surface area contributed by atoms with Gasteiger partial charge in [-0.1, -0.05) is 30.3 Å². The molecule has 0 unspecified atom stereocenters. The van der Waals surface area contributed by atoms with Crippen molar-refractivity contribution in [2.75, 3.05) is 7.11 Å². The molecule has 0 aromatic heterocycles. The van der Waals surface area contributed by atoms with Gasteiger partial charge in [0.25, 0.3) is 0 Å². The summed E-state index contributed by atoms with van der Waals surface area (Å²) < 4.78 is 5.28. The summed E-state index contributed by atoms with van der Waals surface area (Å²) in [5, 5.41) is 5.17. The Kier molecular flexibility index (Phi) is 2.48. The summed E-state index contributed by atoms with van der Waals surface area (Å²) in [5.74, 6) is 0.908. The summed E-state index contributed by atoms with van der Waals surface area (Å²) in [6, 6.07) is 15.0. The summed E-state index contributed by atoms with van der Waals surface area (Å²) in [6.45, 7) is 4.35. The monoisotopic (exact) mass is 236 g/mol. The standard InChI is InChI=1S/C17H16O/c1-11-4-7-17-15(12(11)2)8-5-13-10-14(18-3)6-9-16(13)17/h4-10H,1-3H3. The van der Waals surface area contributed by atoms with E-state index in [-0.39, 0.29) is 0 Å². The first-order valence-corrected chi connectivity index (χ1v) is 6.17. The molecule has 3 aromatic rings. The van der Waals surface area contributed by atoms with Gasteiger partial charge in [0.05, 0.1) is 7.11 Å². The van der Waals surface area contributed by atoms with Crippen LogP contribution in [0.15, 0.2) is 42.5 Å². The maximum atomic E-state index is 5.28. The highest BCUT2D eigenvalue weighted by Gasteiger charge is 2.05. The number of fused-ring (bicyclic) bond motifs is 3. The highest BCUT2D eigenvalue weighted by Crippen LogP contribution is 2.30. The first-order valence-electron chi connectivity index (χ1n) is 6.17. The summed E-state index contributed by atoms with van der Waals surface area (Å²) in [5.41, 5.74) is 2.71. The Bertz CT molecular complexity index is 741. The molecular formula is C17H16O. The average molecular weight is 236 g/mol. The lowest BCUT2D eigenvalue weighted by Gasteiger charge is -2.09. The van der Waals surface area contributed by atoms with Crippen LogP contribution in [0.5, 0.6) is 5.75 Å². The topological polar surface area (TPSA) is 9.23 Å². The second kappa shape index (κ2) is 4.02. The molecule has 0 atom stereocenters. The van der Waals surface area contributed by atoms with E-state index in [0.29, 0.717) is 0 Å². The molecule has 1 heteroatoms. The summed E-state index contributed by atoms with van der Waals surface area (Å²) in [7, 11) is 1.70. The van der Waals surface area contributed by atoms with Gasteiger partial charge in [-0.3, -0.25) is 0 Å². The van der Waals surface area contributed by atoms with Crippen LogP contribution in [0.25, 0.3) is 21.5 Å². The number of ether oxygens (including phenoxy) is 1.